The fraction of sp³-hybridized carbons (Fsp3) is 0.381. The second kappa shape index (κ2) is 7.16. The Balaban J connectivity index is 1.66. The van der Waals surface area contributed by atoms with E-state index in [1.807, 2.05) is 18.2 Å². The van der Waals surface area contributed by atoms with Gasteiger partial charge >= 0.3 is 5.97 Å². The molecular weight excluding hydrogens is 303 g/mol. The van der Waals surface area contributed by atoms with Crippen LogP contribution in [0.25, 0.3) is 11.1 Å². The quantitative estimate of drug-likeness (QED) is 0.547. The lowest BCUT2D eigenvalue weighted by atomic mass is 9.83. The SMILES string of the molecule is Cc1ccc(-c2ccc(OC(=O)C3CCC(C)CC3)cc2)cc1F. The topological polar surface area (TPSA) is 26.3 Å². The zero-order valence-electron chi connectivity index (χ0n) is 14.2. The second-order valence-electron chi connectivity index (χ2n) is 6.87. The molecule has 0 aromatic heterocycles. The molecule has 126 valence electrons. The summed E-state index contributed by atoms with van der Waals surface area (Å²) in [5.74, 6) is 0.941. The first-order chi connectivity index (χ1) is 11.5. The number of benzene rings is 2. The molecule has 0 unspecified atom stereocenters. The summed E-state index contributed by atoms with van der Waals surface area (Å²) >= 11 is 0. The highest BCUT2D eigenvalue weighted by atomic mass is 19.1. The summed E-state index contributed by atoms with van der Waals surface area (Å²) < 4.78 is 19.2. The first-order valence-electron chi connectivity index (χ1n) is 8.61. The fourth-order valence-corrected chi connectivity index (χ4v) is 3.18. The minimum atomic E-state index is -0.213. The molecule has 0 atom stereocenters. The van der Waals surface area contributed by atoms with Gasteiger partial charge in [0.2, 0.25) is 0 Å². The minimum absolute atomic E-state index is 0.0204. The number of hydrogen-bond donors (Lipinski definition) is 0. The van der Waals surface area contributed by atoms with Gasteiger partial charge in [-0.15, -0.1) is 0 Å². The van der Waals surface area contributed by atoms with Crippen LogP contribution in [-0.2, 0) is 4.79 Å². The van der Waals surface area contributed by atoms with Gasteiger partial charge in [-0.05, 0) is 73.4 Å². The van der Waals surface area contributed by atoms with Gasteiger partial charge in [-0.3, -0.25) is 4.79 Å². The molecule has 2 aromatic rings. The van der Waals surface area contributed by atoms with Crippen molar-refractivity contribution in [2.24, 2.45) is 11.8 Å². The van der Waals surface area contributed by atoms with Crippen molar-refractivity contribution in [1.82, 2.24) is 0 Å². The van der Waals surface area contributed by atoms with Gasteiger partial charge in [-0.2, -0.15) is 0 Å². The first kappa shape index (κ1) is 16.7. The average molecular weight is 326 g/mol. The molecule has 2 aromatic carbocycles. The number of aryl methyl sites for hydroxylation is 1. The van der Waals surface area contributed by atoms with E-state index in [0.29, 0.717) is 17.2 Å². The van der Waals surface area contributed by atoms with Crippen LogP contribution in [0.5, 0.6) is 5.75 Å². The van der Waals surface area contributed by atoms with Gasteiger partial charge in [0.25, 0.3) is 0 Å². The van der Waals surface area contributed by atoms with E-state index in [1.54, 1.807) is 25.1 Å². The summed E-state index contributed by atoms with van der Waals surface area (Å²) in [6, 6.07) is 12.4. The molecule has 1 saturated carbocycles. The lowest BCUT2D eigenvalue weighted by Crippen LogP contribution is -2.24. The largest absolute Gasteiger partial charge is 0.426 e. The fourth-order valence-electron chi connectivity index (χ4n) is 3.18. The molecule has 0 N–H and O–H groups in total. The summed E-state index contributed by atoms with van der Waals surface area (Å²) in [4.78, 5) is 12.2. The van der Waals surface area contributed by atoms with E-state index in [1.165, 1.54) is 6.07 Å². The van der Waals surface area contributed by atoms with Crippen LogP contribution in [0.15, 0.2) is 42.5 Å². The molecular formula is C21H23FO2. The molecule has 0 aliphatic heterocycles. The molecule has 0 radical (unpaired) electrons. The predicted octanol–water partition coefficient (Wildman–Crippen LogP) is 5.53. The van der Waals surface area contributed by atoms with Crippen LogP contribution in [0.1, 0.15) is 38.2 Å². The Labute approximate surface area is 142 Å². The number of ether oxygens (including phenoxy) is 1. The van der Waals surface area contributed by atoms with Crippen LogP contribution < -0.4 is 4.74 Å². The molecule has 3 heteroatoms. The normalized spacial score (nSPS) is 20.6. The molecule has 3 rings (SSSR count). The molecule has 2 nitrogen and oxygen atoms in total. The average Bonchev–Trinajstić information content (AvgIpc) is 2.58. The van der Waals surface area contributed by atoms with Crippen molar-refractivity contribution in [1.29, 1.82) is 0 Å². The van der Waals surface area contributed by atoms with E-state index in [-0.39, 0.29) is 17.7 Å². The van der Waals surface area contributed by atoms with Crippen LogP contribution in [0.3, 0.4) is 0 Å². The van der Waals surface area contributed by atoms with Crippen molar-refractivity contribution < 1.29 is 13.9 Å². The van der Waals surface area contributed by atoms with Crippen molar-refractivity contribution in [3.8, 4) is 16.9 Å². The van der Waals surface area contributed by atoms with Gasteiger partial charge in [0.15, 0.2) is 0 Å². The van der Waals surface area contributed by atoms with Crippen molar-refractivity contribution >= 4 is 5.97 Å². The zero-order valence-corrected chi connectivity index (χ0v) is 14.2. The van der Waals surface area contributed by atoms with Gasteiger partial charge in [0, 0.05) is 0 Å². The van der Waals surface area contributed by atoms with Crippen LogP contribution in [0.4, 0.5) is 4.39 Å². The number of halogens is 1. The van der Waals surface area contributed by atoms with E-state index in [4.69, 9.17) is 4.74 Å². The Morgan fingerprint density at radius 1 is 1.00 bits per heavy atom. The van der Waals surface area contributed by atoms with E-state index < -0.39 is 0 Å². The number of rotatable bonds is 3. The molecule has 24 heavy (non-hydrogen) atoms. The molecule has 1 aliphatic carbocycles. The van der Waals surface area contributed by atoms with Gasteiger partial charge in [-0.1, -0.05) is 31.2 Å². The summed E-state index contributed by atoms with van der Waals surface area (Å²) in [6.07, 6.45) is 4.02. The Morgan fingerprint density at radius 3 is 2.25 bits per heavy atom. The minimum Gasteiger partial charge on any atom is -0.426 e. The summed E-state index contributed by atoms with van der Waals surface area (Å²) in [7, 11) is 0. The Morgan fingerprint density at radius 2 is 1.62 bits per heavy atom. The Bertz CT molecular complexity index is 713. The van der Waals surface area contributed by atoms with E-state index >= 15 is 0 Å². The molecule has 0 saturated heterocycles. The molecule has 0 heterocycles. The number of hydrogen-bond acceptors (Lipinski definition) is 2. The third-order valence-corrected chi connectivity index (χ3v) is 4.93. The second-order valence-corrected chi connectivity index (χ2v) is 6.87. The van der Waals surface area contributed by atoms with Crippen LogP contribution in [-0.4, -0.2) is 5.97 Å². The molecule has 1 aliphatic rings. The number of carbonyl (C=O) groups is 1. The van der Waals surface area contributed by atoms with Gasteiger partial charge < -0.3 is 4.74 Å². The van der Waals surface area contributed by atoms with Crippen LogP contribution in [0, 0.1) is 24.6 Å². The van der Waals surface area contributed by atoms with Gasteiger partial charge in [0.05, 0.1) is 5.92 Å². The van der Waals surface area contributed by atoms with Crippen LogP contribution in [0.2, 0.25) is 0 Å². The summed E-state index contributed by atoms with van der Waals surface area (Å²) in [5, 5.41) is 0. The monoisotopic (exact) mass is 326 g/mol. The lowest BCUT2D eigenvalue weighted by molar-refractivity contribution is -0.140. The highest BCUT2D eigenvalue weighted by Crippen LogP contribution is 2.30. The first-order valence-corrected chi connectivity index (χ1v) is 8.61. The van der Waals surface area contributed by atoms with Crippen LogP contribution >= 0.6 is 0 Å². The van der Waals surface area contributed by atoms with Crippen molar-refractivity contribution in [2.45, 2.75) is 39.5 Å². The third-order valence-electron chi connectivity index (χ3n) is 4.93. The number of carbonyl (C=O) groups excluding carboxylic acids is 1. The van der Waals surface area contributed by atoms with E-state index in [0.717, 1.165) is 36.8 Å². The number of esters is 1. The molecule has 0 amide bonds. The summed E-state index contributed by atoms with van der Waals surface area (Å²) in [5.41, 5.74) is 2.35. The maximum atomic E-state index is 13.7. The smallest absolute Gasteiger partial charge is 0.314 e. The van der Waals surface area contributed by atoms with Crippen molar-refractivity contribution in [3.63, 3.8) is 0 Å². The van der Waals surface area contributed by atoms with Gasteiger partial charge in [-0.25, -0.2) is 4.39 Å². The Kier molecular flexibility index (Phi) is 4.98. The third kappa shape index (κ3) is 3.84. The maximum Gasteiger partial charge on any atom is 0.314 e. The van der Waals surface area contributed by atoms with Gasteiger partial charge in [0.1, 0.15) is 11.6 Å². The molecule has 1 fully saturated rings. The molecule has 0 spiro atoms. The van der Waals surface area contributed by atoms with E-state index in [9.17, 15) is 9.18 Å². The maximum absolute atomic E-state index is 13.7. The Hall–Kier alpha value is -2.16. The lowest BCUT2D eigenvalue weighted by Gasteiger charge is -2.24. The summed E-state index contributed by atoms with van der Waals surface area (Å²) in [6.45, 7) is 3.97. The van der Waals surface area contributed by atoms with Crippen molar-refractivity contribution in [2.75, 3.05) is 0 Å². The van der Waals surface area contributed by atoms with E-state index in [2.05, 4.69) is 6.92 Å². The zero-order chi connectivity index (χ0) is 17.1. The highest BCUT2D eigenvalue weighted by molar-refractivity contribution is 5.75. The standard InChI is InChI=1S/C21H23FO2/c1-14-3-6-17(7-4-14)21(23)24-19-11-9-16(10-12-19)18-8-5-15(2)20(22)13-18/h5,8-14,17H,3-4,6-7H2,1-2H3. The predicted molar refractivity (Wildman–Crippen MR) is 93.3 cm³/mol. The molecule has 0 bridgehead atoms. The highest BCUT2D eigenvalue weighted by Gasteiger charge is 2.25. The van der Waals surface area contributed by atoms with Crippen molar-refractivity contribution in [3.05, 3.63) is 53.8 Å².